The second-order valence-electron chi connectivity index (χ2n) is 6.14. The van der Waals surface area contributed by atoms with E-state index in [0.717, 1.165) is 19.6 Å². The van der Waals surface area contributed by atoms with Crippen LogP contribution in [0, 0.1) is 5.41 Å². The van der Waals surface area contributed by atoms with Gasteiger partial charge in [-0.2, -0.15) is 0 Å². The lowest BCUT2D eigenvalue weighted by atomic mass is 9.93. The van der Waals surface area contributed by atoms with Gasteiger partial charge in [0.2, 0.25) is 0 Å². The third-order valence-electron chi connectivity index (χ3n) is 3.83. The molecule has 0 unspecified atom stereocenters. The lowest BCUT2D eigenvalue weighted by molar-refractivity contribution is 0.150. The van der Waals surface area contributed by atoms with E-state index in [0.29, 0.717) is 0 Å². The van der Waals surface area contributed by atoms with Crippen LogP contribution in [0.25, 0.3) is 0 Å². The topological polar surface area (TPSA) is 32.5 Å². The van der Waals surface area contributed by atoms with Crippen LogP contribution in [0.15, 0.2) is 0 Å². The van der Waals surface area contributed by atoms with Crippen LogP contribution < -0.4 is 5.73 Å². The van der Waals surface area contributed by atoms with Gasteiger partial charge in [-0.15, -0.1) is 0 Å². The van der Waals surface area contributed by atoms with Crippen molar-refractivity contribution in [2.75, 3.05) is 45.8 Å². The number of likely N-dealkylation sites (tertiary alicyclic amines) is 1. The first kappa shape index (κ1) is 14.9. The van der Waals surface area contributed by atoms with Gasteiger partial charge in [0, 0.05) is 19.6 Å². The predicted molar refractivity (Wildman–Crippen MR) is 75.2 cm³/mol. The van der Waals surface area contributed by atoms with Crippen LogP contribution in [-0.4, -0.2) is 55.6 Å². The van der Waals surface area contributed by atoms with Crippen LogP contribution in [0.1, 0.15) is 40.0 Å². The van der Waals surface area contributed by atoms with Crippen LogP contribution in [0.3, 0.4) is 0 Å². The van der Waals surface area contributed by atoms with E-state index >= 15 is 0 Å². The van der Waals surface area contributed by atoms with E-state index in [1.807, 2.05) is 0 Å². The average Bonchev–Trinajstić information content (AvgIpc) is 2.35. The van der Waals surface area contributed by atoms with Crippen LogP contribution >= 0.6 is 0 Å². The molecule has 0 aromatic rings. The molecule has 102 valence electrons. The Kier molecular flexibility index (Phi) is 6.45. The van der Waals surface area contributed by atoms with Crippen molar-refractivity contribution < 1.29 is 0 Å². The van der Waals surface area contributed by atoms with Crippen molar-refractivity contribution in [3.05, 3.63) is 0 Å². The standard InChI is InChI=1S/C14H31N3/c1-4-16(13-14(2,3)12-15)10-11-17-8-6-5-7-9-17/h4-13,15H2,1-3H3. The van der Waals surface area contributed by atoms with Crippen molar-refractivity contribution in [1.29, 1.82) is 0 Å². The number of rotatable bonds is 7. The Morgan fingerprint density at radius 3 is 2.35 bits per heavy atom. The molecule has 1 rings (SSSR count). The second kappa shape index (κ2) is 7.34. The zero-order chi connectivity index (χ0) is 12.7. The van der Waals surface area contributed by atoms with E-state index in [2.05, 4.69) is 30.6 Å². The molecule has 0 aliphatic carbocycles. The fourth-order valence-electron chi connectivity index (χ4n) is 2.48. The maximum atomic E-state index is 5.81. The largest absolute Gasteiger partial charge is 0.330 e. The minimum Gasteiger partial charge on any atom is -0.330 e. The summed E-state index contributed by atoms with van der Waals surface area (Å²) in [6.45, 7) is 14.8. The van der Waals surface area contributed by atoms with E-state index in [-0.39, 0.29) is 5.41 Å². The lowest BCUT2D eigenvalue weighted by Gasteiger charge is -2.33. The highest BCUT2D eigenvalue weighted by Crippen LogP contribution is 2.15. The molecule has 3 heteroatoms. The third-order valence-corrected chi connectivity index (χ3v) is 3.83. The Bertz CT molecular complexity index is 198. The van der Waals surface area contributed by atoms with Gasteiger partial charge in [0.05, 0.1) is 0 Å². The lowest BCUT2D eigenvalue weighted by Crippen LogP contribution is -2.43. The molecule has 1 fully saturated rings. The molecule has 0 saturated carbocycles. The minimum absolute atomic E-state index is 0.248. The van der Waals surface area contributed by atoms with Crippen molar-refractivity contribution in [2.45, 2.75) is 40.0 Å². The summed E-state index contributed by atoms with van der Waals surface area (Å²) in [5.41, 5.74) is 6.06. The number of piperidine rings is 1. The Labute approximate surface area is 107 Å². The molecule has 0 radical (unpaired) electrons. The van der Waals surface area contributed by atoms with Gasteiger partial charge in [-0.3, -0.25) is 0 Å². The molecule has 17 heavy (non-hydrogen) atoms. The maximum Gasteiger partial charge on any atom is 0.0109 e. The molecule has 0 bridgehead atoms. The fourth-order valence-corrected chi connectivity index (χ4v) is 2.48. The average molecular weight is 241 g/mol. The smallest absolute Gasteiger partial charge is 0.0109 e. The molecule has 1 saturated heterocycles. The highest BCUT2D eigenvalue weighted by atomic mass is 15.2. The zero-order valence-electron chi connectivity index (χ0n) is 12.0. The molecular formula is C14H31N3. The molecule has 0 aromatic heterocycles. The zero-order valence-corrected chi connectivity index (χ0v) is 12.0. The van der Waals surface area contributed by atoms with Crippen molar-refractivity contribution in [2.24, 2.45) is 11.1 Å². The summed E-state index contributed by atoms with van der Waals surface area (Å²) in [4.78, 5) is 5.16. The second-order valence-corrected chi connectivity index (χ2v) is 6.14. The van der Waals surface area contributed by atoms with Gasteiger partial charge >= 0.3 is 0 Å². The maximum absolute atomic E-state index is 5.81. The van der Waals surface area contributed by atoms with Gasteiger partial charge in [-0.1, -0.05) is 27.2 Å². The normalized spacial score (nSPS) is 18.9. The van der Waals surface area contributed by atoms with Crippen LogP contribution in [0.4, 0.5) is 0 Å². The molecule has 0 spiro atoms. The van der Waals surface area contributed by atoms with Gasteiger partial charge in [-0.25, -0.2) is 0 Å². The van der Waals surface area contributed by atoms with Gasteiger partial charge < -0.3 is 15.5 Å². The quantitative estimate of drug-likeness (QED) is 0.737. The van der Waals surface area contributed by atoms with Gasteiger partial charge in [-0.05, 0) is 44.4 Å². The van der Waals surface area contributed by atoms with Crippen LogP contribution in [0.5, 0.6) is 0 Å². The Hall–Kier alpha value is -0.120. The van der Waals surface area contributed by atoms with E-state index in [1.54, 1.807) is 0 Å². The predicted octanol–water partition coefficient (Wildman–Crippen LogP) is 1.78. The number of likely N-dealkylation sites (N-methyl/N-ethyl adjacent to an activating group) is 1. The first-order valence-corrected chi connectivity index (χ1v) is 7.22. The van der Waals surface area contributed by atoms with E-state index in [4.69, 9.17) is 5.73 Å². The van der Waals surface area contributed by atoms with Gasteiger partial charge in [0.1, 0.15) is 0 Å². The molecule has 1 aliphatic heterocycles. The Morgan fingerprint density at radius 1 is 1.18 bits per heavy atom. The molecule has 3 nitrogen and oxygen atoms in total. The summed E-state index contributed by atoms with van der Waals surface area (Å²) >= 11 is 0. The SMILES string of the molecule is CCN(CCN1CCCCC1)CC(C)(C)CN. The Balaban J connectivity index is 2.26. The summed E-state index contributed by atoms with van der Waals surface area (Å²) in [6, 6.07) is 0. The first-order valence-electron chi connectivity index (χ1n) is 7.22. The monoisotopic (exact) mass is 241 g/mol. The highest BCUT2D eigenvalue weighted by molar-refractivity contribution is 4.75. The minimum atomic E-state index is 0.248. The first-order chi connectivity index (χ1) is 8.07. The highest BCUT2D eigenvalue weighted by Gasteiger charge is 2.20. The summed E-state index contributed by atoms with van der Waals surface area (Å²) < 4.78 is 0. The Morgan fingerprint density at radius 2 is 1.82 bits per heavy atom. The molecular weight excluding hydrogens is 210 g/mol. The number of nitrogens with two attached hydrogens (primary N) is 1. The van der Waals surface area contributed by atoms with Crippen molar-refractivity contribution in [3.8, 4) is 0 Å². The fraction of sp³-hybridized carbons (Fsp3) is 1.00. The number of nitrogens with zero attached hydrogens (tertiary/aromatic N) is 2. The van der Waals surface area contributed by atoms with Gasteiger partial charge in [0.15, 0.2) is 0 Å². The molecule has 1 aliphatic rings. The van der Waals surface area contributed by atoms with E-state index < -0.39 is 0 Å². The third kappa shape index (κ3) is 5.84. The summed E-state index contributed by atoms with van der Waals surface area (Å²) in [6.07, 6.45) is 4.20. The summed E-state index contributed by atoms with van der Waals surface area (Å²) in [5, 5.41) is 0. The number of hydrogen-bond donors (Lipinski definition) is 1. The number of hydrogen-bond acceptors (Lipinski definition) is 3. The van der Waals surface area contributed by atoms with Crippen molar-refractivity contribution in [3.63, 3.8) is 0 Å². The van der Waals surface area contributed by atoms with E-state index in [9.17, 15) is 0 Å². The van der Waals surface area contributed by atoms with E-state index in [1.165, 1.54) is 45.4 Å². The van der Waals surface area contributed by atoms with Crippen LogP contribution in [0.2, 0.25) is 0 Å². The molecule has 0 atom stereocenters. The molecule has 0 aromatic carbocycles. The summed E-state index contributed by atoms with van der Waals surface area (Å²) in [7, 11) is 0. The molecule has 0 amide bonds. The van der Waals surface area contributed by atoms with Crippen molar-refractivity contribution in [1.82, 2.24) is 9.80 Å². The van der Waals surface area contributed by atoms with Crippen LogP contribution in [-0.2, 0) is 0 Å². The summed E-state index contributed by atoms with van der Waals surface area (Å²) in [5.74, 6) is 0. The molecule has 2 N–H and O–H groups in total. The van der Waals surface area contributed by atoms with Gasteiger partial charge in [0.25, 0.3) is 0 Å². The molecule has 1 heterocycles. The van der Waals surface area contributed by atoms with Crippen molar-refractivity contribution >= 4 is 0 Å².